The summed E-state index contributed by atoms with van der Waals surface area (Å²) in [6.45, 7) is 3.87. The largest absolute Gasteiger partial charge is 0.497 e. The molecule has 0 radical (unpaired) electrons. The molecule has 4 nitrogen and oxygen atoms in total. The van der Waals surface area contributed by atoms with E-state index >= 15 is 0 Å². The summed E-state index contributed by atoms with van der Waals surface area (Å²) in [5.74, 6) is 1.47. The molecular weight excluding hydrogens is 278 g/mol. The molecule has 0 saturated heterocycles. The van der Waals surface area contributed by atoms with Crippen molar-refractivity contribution in [2.24, 2.45) is 0 Å². The molecule has 0 aliphatic heterocycles. The second-order valence-electron chi connectivity index (χ2n) is 5.15. The number of ether oxygens (including phenoxy) is 2. The summed E-state index contributed by atoms with van der Waals surface area (Å²) in [6, 6.07) is 13.0. The van der Waals surface area contributed by atoms with Gasteiger partial charge in [0.2, 0.25) is 0 Å². The van der Waals surface area contributed by atoms with Crippen molar-refractivity contribution < 1.29 is 14.3 Å². The number of benzene rings is 2. The summed E-state index contributed by atoms with van der Waals surface area (Å²) < 4.78 is 10.3. The van der Waals surface area contributed by atoms with Crippen LogP contribution in [0.4, 0.5) is 0 Å². The third kappa shape index (κ3) is 3.58. The fourth-order valence-corrected chi connectivity index (χ4v) is 2.28. The van der Waals surface area contributed by atoms with Crippen LogP contribution in [0.2, 0.25) is 0 Å². The number of carbonyl (C=O) groups excluding carboxylic acids is 1. The van der Waals surface area contributed by atoms with Crippen LogP contribution in [0.1, 0.15) is 34.5 Å². The van der Waals surface area contributed by atoms with E-state index in [0.29, 0.717) is 5.56 Å². The highest BCUT2D eigenvalue weighted by Crippen LogP contribution is 2.20. The van der Waals surface area contributed by atoms with E-state index in [1.54, 1.807) is 20.3 Å². The van der Waals surface area contributed by atoms with E-state index in [4.69, 9.17) is 9.47 Å². The van der Waals surface area contributed by atoms with Crippen LogP contribution < -0.4 is 14.8 Å². The maximum Gasteiger partial charge on any atom is 0.251 e. The van der Waals surface area contributed by atoms with Gasteiger partial charge in [0, 0.05) is 5.56 Å². The first-order chi connectivity index (χ1) is 10.5. The lowest BCUT2D eigenvalue weighted by atomic mass is 10.1. The lowest BCUT2D eigenvalue weighted by molar-refractivity contribution is 0.0940. The Bertz CT molecular complexity index is 650. The summed E-state index contributed by atoms with van der Waals surface area (Å²) in [5, 5.41) is 2.99. The fourth-order valence-electron chi connectivity index (χ4n) is 2.28. The van der Waals surface area contributed by atoms with Gasteiger partial charge in [0.15, 0.2) is 0 Å². The highest BCUT2D eigenvalue weighted by Gasteiger charge is 2.12. The molecular formula is C18H21NO3. The predicted molar refractivity (Wildman–Crippen MR) is 86.6 cm³/mol. The van der Waals surface area contributed by atoms with Crippen molar-refractivity contribution in [2.45, 2.75) is 19.9 Å². The average Bonchev–Trinajstić information content (AvgIpc) is 2.54. The van der Waals surface area contributed by atoms with Gasteiger partial charge in [-0.05, 0) is 55.3 Å². The van der Waals surface area contributed by atoms with Crippen LogP contribution in [0, 0.1) is 6.92 Å². The van der Waals surface area contributed by atoms with E-state index in [2.05, 4.69) is 5.32 Å². The molecule has 2 rings (SSSR count). The van der Waals surface area contributed by atoms with Crippen LogP contribution in [0.15, 0.2) is 42.5 Å². The maximum absolute atomic E-state index is 12.3. The van der Waals surface area contributed by atoms with Crippen LogP contribution in [-0.2, 0) is 0 Å². The predicted octanol–water partition coefficient (Wildman–Crippen LogP) is 3.50. The number of aryl methyl sites for hydroxylation is 1. The van der Waals surface area contributed by atoms with Gasteiger partial charge in [0.25, 0.3) is 5.91 Å². The topological polar surface area (TPSA) is 47.6 Å². The van der Waals surface area contributed by atoms with Gasteiger partial charge in [0.05, 0.1) is 20.3 Å². The maximum atomic E-state index is 12.3. The minimum absolute atomic E-state index is 0.0826. The van der Waals surface area contributed by atoms with Crippen LogP contribution in [0.5, 0.6) is 11.5 Å². The van der Waals surface area contributed by atoms with Crippen molar-refractivity contribution in [2.75, 3.05) is 14.2 Å². The lowest BCUT2D eigenvalue weighted by Crippen LogP contribution is -2.26. The molecule has 2 aromatic carbocycles. The zero-order chi connectivity index (χ0) is 16.1. The molecule has 1 N–H and O–H groups in total. The molecule has 0 saturated carbocycles. The molecule has 0 spiro atoms. The smallest absolute Gasteiger partial charge is 0.251 e. The van der Waals surface area contributed by atoms with Gasteiger partial charge in [-0.2, -0.15) is 0 Å². The molecule has 116 valence electrons. The number of nitrogens with one attached hydrogen (secondary N) is 1. The molecule has 2 aromatic rings. The van der Waals surface area contributed by atoms with Gasteiger partial charge < -0.3 is 14.8 Å². The molecule has 4 heteroatoms. The number of methoxy groups -OCH3 is 2. The van der Waals surface area contributed by atoms with Crippen molar-refractivity contribution in [1.82, 2.24) is 5.32 Å². The Hall–Kier alpha value is -2.49. The zero-order valence-electron chi connectivity index (χ0n) is 13.3. The Kier molecular flexibility index (Phi) is 5.04. The standard InChI is InChI=1S/C18H21NO3/c1-12-11-15(7-10-17(12)22-4)18(20)19-13(2)14-5-8-16(21-3)9-6-14/h5-11,13H,1-4H3,(H,19,20)/t13-/m0/s1. The first-order valence-corrected chi connectivity index (χ1v) is 7.14. The molecule has 22 heavy (non-hydrogen) atoms. The first-order valence-electron chi connectivity index (χ1n) is 7.14. The van der Waals surface area contributed by atoms with E-state index in [0.717, 1.165) is 22.6 Å². The third-order valence-electron chi connectivity index (χ3n) is 3.62. The van der Waals surface area contributed by atoms with Crippen LogP contribution in [-0.4, -0.2) is 20.1 Å². The van der Waals surface area contributed by atoms with E-state index in [-0.39, 0.29) is 11.9 Å². The second kappa shape index (κ2) is 6.98. The summed E-state index contributed by atoms with van der Waals surface area (Å²) in [4.78, 5) is 12.3. The molecule has 0 aromatic heterocycles. The van der Waals surface area contributed by atoms with E-state index in [1.807, 2.05) is 50.2 Å². The van der Waals surface area contributed by atoms with E-state index in [9.17, 15) is 4.79 Å². The zero-order valence-corrected chi connectivity index (χ0v) is 13.3. The number of hydrogen-bond acceptors (Lipinski definition) is 3. The molecule has 0 bridgehead atoms. The minimum Gasteiger partial charge on any atom is -0.497 e. The number of hydrogen-bond donors (Lipinski definition) is 1. The van der Waals surface area contributed by atoms with Crippen LogP contribution in [0.25, 0.3) is 0 Å². The Balaban J connectivity index is 2.08. The lowest BCUT2D eigenvalue weighted by Gasteiger charge is -2.15. The Morgan fingerprint density at radius 3 is 2.27 bits per heavy atom. The van der Waals surface area contributed by atoms with Gasteiger partial charge in [-0.3, -0.25) is 4.79 Å². The molecule has 0 aliphatic carbocycles. The first kappa shape index (κ1) is 15.9. The fraction of sp³-hybridized carbons (Fsp3) is 0.278. The molecule has 0 heterocycles. The summed E-state index contributed by atoms with van der Waals surface area (Å²) in [6.07, 6.45) is 0. The van der Waals surface area contributed by atoms with Crippen molar-refractivity contribution in [3.63, 3.8) is 0 Å². The minimum atomic E-state index is -0.103. The van der Waals surface area contributed by atoms with Crippen LogP contribution in [0.3, 0.4) is 0 Å². The summed E-state index contributed by atoms with van der Waals surface area (Å²) >= 11 is 0. The molecule has 1 atom stereocenters. The molecule has 0 aliphatic rings. The molecule has 1 amide bonds. The Labute approximate surface area is 131 Å². The Morgan fingerprint density at radius 1 is 1.05 bits per heavy atom. The van der Waals surface area contributed by atoms with E-state index in [1.165, 1.54) is 0 Å². The van der Waals surface area contributed by atoms with Gasteiger partial charge in [-0.25, -0.2) is 0 Å². The quantitative estimate of drug-likeness (QED) is 0.919. The van der Waals surface area contributed by atoms with Crippen molar-refractivity contribution >= 4 is 5.91 Å². The molecule has 0 unspecified atom stereocenters. The van der Waals surface area contributed by atoms with Gasteiger partial charge in [-0.15, -0.1) is 0 Å². The SMILES string of the molecule is COc1ccc([C@H](C)NC(=O)c2ccc(OC)c(C)c2)cc1. The summed E-state index contributed by atoms with van der Waals surface area (Å²) in [5.41, 5.74) is 2.59. The third-order valence-corrected chi connectivity index (χ3v) is 3.62. The number of amides is 1. The number of rotatable bonds is 5. The van der Waals surface area contributed by atoms with Crippen LogP contribution >= 0.6 is 0 Å². The van der Waals surface area contributed by atoms with Gasteiger partial charge >= 0.3 is 0 Å². The molecule has 0 fully saturated rings. The highest BCUT2D eigenvalue weighted by atomic mass is 16.5. The van der Waals surface area contributed by atoms with Gasteiger partial charge in [-0.1, -0.05) is 12.1 Å². The average molecular weight is 299 g/mol. The normalized spacial score (nSPS) is 11.6. The number of carbonyl (C=O) groups is 1. The highest BCUT2D eigenvalue weighted by molar-refractivity contribution is 5.94. The van der Waals surface area contributed by atoms with Crippen molar-refractivity contribution in [3.05, 3.63) is 59.2 Å². The van der Waals surface area contributed by atoms with Crippen molar-refractivity contribution in [3.8, 4) is 11.5 Å². The summed E-state index contributed by atoms with van der Waals surface area (Å²) in [7, 11) is 3.25. The monoisotopic (exact) mass is 299 g/mol. The van der Waals surface area contributed by atoms with E-state index < -0.39 is 0 Å². The van der Waals surface area contributed by atoms with Crippen molar-refractivity contribution in [1.29, 1.82) is 0 Å². The second-order valence-corrected chi connectivity index (χ2v) is 5.15. The Morgan fingerprint density at radius 2 is 1.73 bits per heavy atom. The van der Waals surface area contributed by atoms with Gasteiger partial charge in [0.1, 0.15) is 11.5 Å².